The molecule has 3 heteroatoms. The Bertz CT molecular complexity index is 339. The molecule has 14 heavy (non-hydrogen) atoms. The van der Waals surface area contributed by atoms with Crippen molar-refractivity contribution in [1.82, 2.24) is 0 Å². The van der Waals surface area contributed by atoms with E-state index in [-0.39, 0.29) is 0 Å². The first-order chi connectivity index (χ1) is 6.40. The van der Waals surface area contributed by atoms with Gasteiger partial charge in [-0.1, -0.05) is 18.2 Å². The molecule has 3 nitrogen and oxygen atoms in total. The van der Waals surface area contributed by atoms with E-state index in [1.165, 1.54) is 0 Å². The standard InChI is InChI=1S/C11H15NO2/c1-11(2,14)7-8-5-3-4-6-9(8)10(12)13/h3-6,14H,7H2,1-2H3,(H2,12,13). The van der Waals surface area contributed by atoms with Crippen LogP contribution in [0.5, 0.6) is 0 Å². The summed E-state index contributed by atoms with van der Waals surface area (Å²) >= 11 is 0. The van der Waals surface area contributed by atoms with Crippen LogP contribution in [0.1, 0.15) is 29.8 Å². The van der Waals surface area contributed by atoms with Gasteiger partial charge in [-0.2, -0.15) is 0 Å². The van der Waals surface area contributed by atoms with E-state index in [0.717, 1.165) is 5.56 Å². The Morgan fingerprint density at radius 3 is 2.50 bits per heavy atom. The quantitative estimate of drug-likeness (QED) is 0.755. The maximum absolute atomic E-state index is 11.0. The highest BCUT2D eigenvalue weighted by molar-refractivity contribution is 5.94. The van der Waals surface area contributed by atoms with Crippen LogP contribution in [0.4, 0.5) is 0 Å². The minimum absolute atomic E-state index is 0.423. The predicted octanol–water partition coefficient (Wildman–Crippen LogP) is 1.10. The second-order valence-electron chi connectivity index (χ2n) is 4.01. The molecule has 0 aromatic heterocycles. The Hall–Kier alpha value is -1.35. The number of benzene rings is 1. The lowest BCUT2D eigenvalue weighted by Gasteiger charge is -2.18. The van der Waals surface area contributed by atoms with Gasteiger partial charge in [0.2, 0.25) is 5.91 Å². The van der Waals surface area contributed by atoms with Crippen LogP contribution in [0, 0.1) is 0 Å². The molecule has 0 spiro atoms. The van der Waals surface area contributed by atoms with Crippen molar-refractivity contribution in [3.05, 3.63) is 35.4 Å². The normalized spacial score (nSPS) is 11.4. The van der Waals surface area contributed by atoms with Crippen LogP contribution >= 0.6 is 0 Å². The fourth-order valence-corrected chi connectivity index (χ4v) is 1.38. The summed E-state index contributed by atoms with van der Waals surface area (Å²) in [7, 11) is 0. The number of carbonyl (C=O) groups excluding carboxylic acids is 1. The summed E-state index contributed by atoms with van der Waals surface area (Å²) in [6.07, 6.45) is 0.423. The molecule has 1 rings (SSSR count). The summed E-state index contributed by atoms with van der Waals surface area (Å²) in [5.41, 5.74) is 5.65. The molecule has 0 aliphatic carbocycles. The van der Waals surface area contributed by atoms with Gasteiger partial charge in [0, 0.05) is 12.0 Å². The molecule has 0 saturated heterocycles. The van der Waals surface area contributed by atoms with E-state index in [4.69, 9.17) is 5.73 Å². The molecule has 0 radical (unpaired) electrons. The van der Waals surface area contributed by atoms with E-state index in [0.29, 0.717) is 12.0 Å². The van der Waals surface area contributed by atoms with Crippen molar-refractivity contribution in [2.75, 3.05) is 0 Å². The summed E-state index contributed by atoms with van der Waals surface area (Å²) in [5.74, 6) is -0.454. The fourth-order valence-electron chi connectivity index (χ4n) is 1.38. The monoisotopic (exact) mass is 193 g/mol. The minimum Gasteiger partial charge on any atom is -0.390 e. The minimum atomic E-state index is -0.828. The Balaban J connectivity index is 3.02. The van der Waals surface area contributed by atoms with E-state index in [9.17, 15) is 9.90 Å². The number of aliphatic hydroxyl groups is 1. The lowest BCUT2D eigenvalue weighted by molar-refractivity contribution is 0.0805. The summed E-state index contributed by atoms with van der Waals surface area (Å²) in [6, 6.07) is 7.06. The molecule has 0 atom stereocenters. The van der Waals surface area contributed by atoms with E-state index >= 15 is 0 Å². The maximum Gasteiger partial charge on any atom is 0.248 e. The van der Waals surface area contributed by atoms with Crippen molar-refractivity contribution in [1.29, 1.82) is 0 Å². The second-order valence-corrected chi connectivity index (χ2v) is 4.01. The van der Waals surface area contributed by atoms with Crippen LogP contribution in [0.2, 0.25) is 0 Å². The molecule has 1 amide bonds. The van der Waals surface area contributed by atoms with Crippen molar-refractivity contribution < 1.29 is 9.90 Å². The van der Waals surface area contributed by atoms with E-state index in [2.05, 4.69) is 0 Å². The third-order valence-corrected chi connectivity index (χ3v) is 1.91. The van der Waals surface area contributed by atoms with Crippen LogP contribution in [0.25, 0.3) is 0 Å². The Kier molecular flexibility index (Phi) is 2.91. The van der Waals surface area contributed by atoms with Crippen molar-refractivity contribution in [2.45, 2.75) is 25.9 Å². The molecular weight excluding hydrogens is 178 g/mol. The molecule has 0 unspecified atom stereocenters. The molecule has 1 aromatic rings. The fraction of sp³-hybridized carbons (Fsp3) is 0.364. The molecule has 1 aromatic carbocycles. The van der Waals surface area contributed by atoms with Gasteiger partial charge in [0.05, 0.1) is 5.60 Å². The molecule has 0 aliphatic heterocycles. The number of hydrogen-bond donors (Lipinski definition) is 2. The highest BCUT2D eigenvalue weighted by Crippen LogP contribution is 2.15. The number of hydrogen-bond acceptors (Lipinski definition) is 2. The lowest BCUT2D eigenvalue weighted by Crippen LogP contribution is -2.24. The van der Waals surface area contributed by atoms with E-state index < -0.39 is 11.5 Å². The van der Waals surface area contributed by atoms with Crippen molar-refractivity contribution in [3.63, 3.8) is 0 Å². The van der Waals surface area contributed by atoms with Gasteiger partial charge in [-0.3, -0.25) is 4.79 Å². The zero-order valence-electron chi connectivity index (χ0n) is 8.45. The Morgan fingerprint density at radius 2 is 2.00 bits per heavy atom. The molecule has 0 heterocycles. The summed E-state index contributed by atoms with van der Waals surface area (Å²) in [5, 5.41) is 9.63. The average molecular weight is 193 g/mol. The van der Waals surface area contributed by atoms with Crippen molar-refractivity contribution in [3.8, 4) is 0 Å². The Labute approximate surface area is 83.6 Å². The molecule has 3 N–H and O–H groups in total. The molecule has 0 fully saturated rings. The number of rotatable bonds is 3. The van der Waals surface area contributed by atoms with Crippen molar-refractivity contribution >= 4 is 5.91 Å². The van der Waals surface area contributed by atoms with E-state index in [1.54, 1.807) is 32.0 Å². The van der Waals surface area contributed by atoms with Crippen LogP contribution in [0.3, 0.4) is 0 Å². The second kappa shape index (κ2) is 3.80. The van der Waals surface area contributed by atoms with Crippen LogP contribution in [-0.2, 0) is 6.42 Å². The third-order valence-electron chi connectivity index (χ3n) is 1.91. The van der Waals surface area contributed by atoms with E-state index in [1.807, 2.05) is 6.07 Å². The summed E-state index contributed by atoms with van der Waals surface area (Å²) < 4.78 is 0. The highest BCUT2D eigenvalue weighted by atomic mass is 16.3. The highest BCUT2D eigenvalue weighted by Gasteiger charge is 2.17. The zero-order valence-corrected chi connectivity index (χ0v) is 8.45. The first-order valence-electron chi connectivity index (χ1n) is 4.50. The molecule has 76 valence electrons. The number of primary amides is 1. The number of carbonyl (C=O) groups is 1. The summed E-state index contributed by atoms with van der Waals surface area (Å²) in [6.45, 7) is 3.40. The predicted molar refractivity (Wildman–Crippen MR) is 55.0 cm³/mol. The summed E-state index contributed by atoms with van der Waals surface area (Å²) in [4.78, 5) is 11.0. The topological polar surface area (TPSA) is 63.3 Å². The van der Waals surface area contributed by atoms with Gasteiger partial charge in [0.25, 0.3) is 0 Å². The van der Waals surface area contributed by atoms with Gasteiger partial charge in [0.1, 0.15) is 0 Å². The van der Waals surface area contributed by atoms with Gasteiger partial charge in [-0.25, -0.2) is 0 Å². The zero-order chi connectivity index (χ0) is 10.8. The molecule has 0 saturated carbocycles. The SMILES string of the molecule is CC(C)(O)Cc1ccccc1C(N)=O. The average Bonchev–Trinajstić information content (AvgIpc) is 2.01. The molecular formula is C11H15NO2. The van der Waals surface area contributed by atoms with Gasteiger partial charge >= 0.3 is 0 Å². The molecule has 0 bridgehead atoms. The van der Waals surface area contributed by atoms with Gasteiger partial charge < -0.3 is 10.8 Å². The largest absolute Gasteiger partial charge is 0.390 e. The van der Waals surface area contributed by atoms with Gasteiger partial charge in [-0.05, 0) is 25.5 Å². The smallest absolute Gasteiger partial charge is 0.248 e. The first-order valence-corrected chi connectivity index (χ1v) is 4.50. The lowest BCUT2D eigenvalue weighted by atomic mass is 9.95. The van der Waals surface area contributed by atoms with Crippen molar-refractivity contribution in [2.24, 2.45) is 5.73 Å². The number of nitrogens with two attached hydrogens (primary N) is 1. The van der Waals surface area contributed by atoms with Crippen LogP contribution in [0.15, 0.2) is 24.3 Å². The number of amides is 1. The Morgan fingerprint density at radius 1 is 1.43 bits per heavy atom. The van der Waals surface area contributed by atoms with Gasteiger partial charge in [0.15, 0.2) is 0 Å². The van der Waals surface area contributed by atoms with Crippen LogP contribution < -0.4 is 5.73 Å². The first kappa shape index (κ1) is 10.7. The third kappa shape index (κ3) is 2.85. The van der Waals surface area contributed by atoms with Gasteiger partial charge in [-0.15, -0.1) is 0 Å². The molecule has 0 aliphatic rings. The maximum atomic E-state index is 11.0. The van der Waals surface area contributed by atoms with Crippen LogP contribution in [-0.4, -0.2) is 16.6 Å².